The third-order valence-corrected chi connectivity index (χ3v) is 7.60. The van der Waals surface area contributed by atoms with Crippen LogP contribution in [0.25, 0.3) is 0 Å². The van der Waals surface area contributed by atoms with Gasteiger partial charge in [-0.15, -0.1) is 0 Å². The molecule has 8 atom stereocenters. The molecule has 122 valence electrons. The van der Waals surface area contributed by atoms with Gasteiger partial charge in [0.15, 0.2) is 0 Å². The van der Waals surface area contributed by atoms with Gasteiger partial charge in [-0.05, 0) is 55.3 Å². The SMILES string of the molecule is C[C@]12CC[C@H]3[C@@H](CC=C4C[C@@H](O)C=C[C@@]43C)[C@@H]1C[C@@H](O)[C@@H]2O. The van der Waals surface area contributed by atoms with Crippen LogP contribution >= 0.6 is 0 Å². The van der Waals surface area contributed by atoms with Crippen molar-refractivity contribution < 1.29 is 15.3 Å². The molecule has 0 bridgehead atoms. The zero-order valence-electron chi connectivity index (χ0n) is 13.6. The number of allylic oxidation sites excluding steroid dienone is 2. The zero-order chi connectivity index (χ0) is 15.7. The molecule has 2 saturated carbocycles. The molecule has 0 aliphatic heterocycles. The molecule has 3 N–H and O–H groups in total. The highest BCUT2D eigenvalue weighted by Gasteiger charge is 2.60. The van der Waals surface area contributed by atoms with Crippen molar-refractivity contribution in [2.45, 2.75) is 64.3 Å². The molecule has 4 rings (SSSR count). The molecule has 0 spiro atoms. The Labute approximate surface area is 132 Å². The zero-order valence-corrected chi connectivity index (χ0v) is 13.6. The van der Waals surface area contributed by atoms with E-state index >= 15 is 0 Å². The van der Waals surface area contributed by atoms with Crippen LogP contribution < -0.4 is 0 Å². The summed E-state index contributed by atoms with van der Waals surface area (Å²) in [5.74, 6) is 1.53. The first-order valence-corrected chi connectivity index (χ1v) is 8.79. The second kappa shape index (κ2) is 4.68. The molecule has 4 aliphatic carbocycles. The normalized spacial score (nSPS) is 56.9. The lowest BCUT2D eigenvalue weighted by atomic mass is 9.49. The standard InChI is InChI=1S/C19H28O3/c1-18-7-5-12(20)9-11(18)3-4-13-14(18)6-8-19(2)15(13)10-16(21)17(19)22/h3,5,7,12-17,20-22H,4,6,8-10H2,1-2H3/t12-,13+,14-,15-,16+,17-,18-,19-/m0/s1. The fourth-order valence-electron chi connectivity index (χ4n) is 6.22. The van der Waals surface area contributed by atoms with Crippen LogP contribution in [0.1, 0.15) is 46.0 Å². The third-order valence-electron chi connectivity index (χ3n) is 7.60. The average Bonchev–Trinajstić information content (AvgIpc) is 2.72. The van der Waals surface area contributed by atoms with Crippen molar-refractivity contribution >= 4 is 0 Å². The van der Waals surface area contributed by atoms with E-state index < -0.39 is 12.2 Å². The van der Waals surface area contributed by atoms with E-state index in [4.69, 9.17) is 0 Å². The quantitative estimate of drug-likeness (QED) is 0.602. The van der Waals surface area contributed by atoms with Gasteiger partial charge >= 0.3 is 0 Å². The van der Waals surface area contributed by atoms with Crippen molar-refractivity contribution in [3.8, 4) is 0 Å². The minimum Gasteiger partial charge on any atom is -0.390 e. The maximum Gasteiger partial charge on any atom is 0.0855 e. The lowest BCUT2D eigenvalue weighted by Gasteiger charge is -2.56. The van der Waals surface area contributed by atoms with Crippen LogP contribution in [0.5, 0.6) is 0 Å². The Kier molecular flexibility index (Phi) is 3.18. The molecule has 0 aromatic rings. The van der Waals surface area contributed by atoms with Crippen molar-refractivity contribution in [2.75, 3.05) is 0 Å². The Morgan fingerprint density at radius 1 is 1.14 bits per heavy atom. The maximum absolute atomic E-state index is 10.5. The first-order chi connectivity index (χ1) is 10.4. The summed E-state index contributed by atoms with van der Waals surface area (Å²) in [6.07, 6.45) is 9.72. The van der Waals surface area contributed by atoms with E-state index in [0.29, 0.717) is 17.8 Å². The topological polar surface area (TPSA) is 60.7 Å². The highest BCUT2D eigenvalue weighted by molar-refractivity contribution is 5.33. The fraction of sp³-hybridized carbons (Fsp3) is 0.789. The molecule has 2 fully saturated rings. The van der Waals surface area contributed by atoms with Gasteiger partial charge in [0.05, 0.1) is 18.3 Å². The fourth-order valence-corrected chi connectivity index (χ4v) is 6.22. The van der Waals surface area contributed by atoms with Crippen LogP contribution in [0, 0.1) is 28.6 Å². The van der Waals surface area contributed by atoms with Gasteiger partial charge in [0, 0.05) is 5.41 Å². The predicted molar refractivity (Wildman–Crippen MR) is 85.0 cm³/mol. The Morgan fingerprint density at radius 2 is 1.91 bits per heavy atom. The van der Waals surface area contributed by atoms with Crippen molar-refractivity contribution in [1.82, 2.24) is 0 Å². The highest BCUT2D eigenvalue weighted by Crippen LogP contribution is 2.63. The number of aliphatic hydroxyl groups excluding tert-OH is 3. The number of aliphatic hydroxyl groups is 3. The van der Waals surface area contributed by atoms with E-state index in [9.17, 15) is 15.3 Å². The van der Waals surface area contributed by atoms with E-state index in [0.717, 1.165) is 32.1 Å². The van der Waals surface area contributed by atoms with Gasteiger partial charge in [-0.3, -0.25) is 0 Å². The maximum atomic E-state index is 10.5. The number of hydrogen-bond donors (Lipinski definition) is 3. The smallest absolute Gasteiger partial charge is 0.0855 e. The van der Waals surface area contributed by atoms with E-state index in [2.05, 4.69) is 26.0 Å². The molecule has 0 radical (unpaired) electrons. The summed E-state index contributed by atoms with van der Waals surface area (Å²) in [6.45, 7) is 4.50. The van der Waals surface area contributed by atoms with Crippen molar-refractivity contribution in [3.63, 3.8) is 0 Å². The van der Waals surface area contributed by atoms with Crippen LogP contribution in [0.4, 0.5) is 0 Å². The molecular weight excluding hydrogens is 276 g/mol. The van der Waals surface area contributed by atoms with Crippen molar-refractivity contribution in [2.24, 2.45) is 28.6 Å². The number of fused-ring (bicyclic) bond motifs is 5. The van der Waals surface area contributed by atoms with Gasteiger partial charge in [-0.25, -0.2) is 0 Å². The lowest BCUT2D eigenvalue weighted by Crippen LogP contribution is -2.50. The summed E-state index contributed by atoms with van der Waals surface area (Å²) >= 11 is 0. The first-order valence-electron chi connectivity index (χ1n) is 8.79. The van der Waals surface area contributed by atoms with Crippen molar-refractivity contribution in [1.29, 1.82) is 0 Å². The summed E-state index contributed by atoms with van der Waals surface area (Å²) in [5, 5.41) is 30.6. The minimum atomic E-state index is -0.569. The Hall–Kier alpha value is -0.640. The van der Waals surface area contributed by atoms with E-state index in [1.165, 1.54) is 5.57 Å². The second-order valence-corrected chi connectivity index (χ2v) is 8.55. The summed E-state index contributed by atoms with van der Waals surface area (Å²) in [7, 11) is 0. The van der Waals surface area contributed by atoms with E-state index in [-0.39, 0.29) is 16.9 Å². The van der Waals surface area contributed by atoms with Gasteiger partial charge in [0.1, 0.15) is 0 Å². The molecule has 0 saturated heterocycles. The Bertz CT molecular complexity index is 539. The molecular formula is C19H28O3. The van der Waals surface area contributed by atoms with Crippen LogP contribution in [0.3, 0.4) is 0 Å². The van der Waals surface area contributed by atoms with Gasteiger partial charge in [0.25, 0.3) is 0 Å². The molecule has 3 heteroatoms. The minimum absolute atomic E-state index is 0.0575. The van der Waals surface area contributed by atoms with E-state index in [1.807, 2.05) is 6.08 Å². The lowest BCUT2D eigenvalue weighted by molar-refractivity contribution is -0.0705. The largest absolute Gasteiger partial charge is 0.390 e. The molecule has 0 amide bonds. The van der Waals surface area contributed by atoms with Crippen LogP contribution in [0.15, 0.2) is 23.8 Å². The van der Waals surface area contributed by atoms with Gasteiger partial charge in [0.2, 0.25) is 0 Å². The summed E-state index contributed by atoms with van der Waals surface area (Å²) in [5.41, 5.74) is 1.33. The number of hydrogen-bond acceptors (Lipinski definition) is 3. The Morgan fingerprint density at radius 3 is 2.68 bits per heavy atom. The van der Waals surface area contributed by atoms with Crippen LogP contribution in [-0.2, 0) is 0 Å². The Balaban J connectivity index is 1.71. The average molecular weight is 304 g/mol. The van der Waals surface area contributed by atoms with Gasteiger partial charge in [-0.1, -0.05) is 37.6 Å². The number of rotatable bonds is 0. The van der Waals surface area contributed by atoms with Crippen LogP contribution in [-0.4, -0.2) is 33.6 Å². The van der Waals surface area contributed by atoms with Gasteiger partial charge < -0.3 is 15.3 Å². The van der Waals surface area contributed by atoms with Gasteiger partial charge in [-0.2, -0.15) is 0 Å². The molecule has 0 aromatic heterocycles. The summed E-state index contributed by atoms with van der Waals surface area (Å²) < 4.78 is 0. The second-order valence-electron chi connectivity index (χ2n) is 8.55. The molecule has 0 unspecified atom stereocenters. The highest BCUT2D eigenvalue weighted by atomic mass is 16.3. The van der Waals surface area contributed by atoms with E-state index in [1.54, 1.807) is 0 Å². The predicted octanol–water partition coefficient (Wildman–Crippen LogP) is 2.42. The third kappa shape index (κ3) is 1.79. The molecule has 22 heavy (non-hydrogen) atoms. The van der Waals surface area contributed by atoms with Crippen LogP contribution in [0.2, 0.25) is 0 Å². The molecule has 0 aromatic carbocycles. The first kappa shape index (κ1) is 14.9. The van der Waals surface area contributed by atoms with Crippen molar-refractivity contribution in [3.05, 3.63) is 23.8 Å². The summed E-state index contributed by atoms with van der Waals surface area (Å²) in [4.78, 5) is 0. The molecule has 3 nitrogen and oxygen atoms in total. The molecule has 0 heterocycles. The molecule has 4 aliphatic rings. The monoisotopic (exact) mass is 304 g/mol. The summed E-state index contributed by atoms with van der Waals surface area (Å²) in [6, 6.07) is 0.